The summed E-state index contributed by atoms with van der Waals surface area (Å²) < 4.78 is 5.64. The number of benzene rings is 3. The summed E-state index contributed by atoms with van der Waals surface area (Å²) in [4.78, 5) is 25.0. The molecule has 0 aliphatic rings. The van der Waals surface area contributed by atoms with Crippen LogP contribution in [0.4, 0.5) is 5.69 Å². The van der Waals surface area contributed by atoms with Crippen LogP contribution < -0.4 is 20.7 Å². The smallest absolute Gasteiger partial charge is 0.251 e. The van der Waals surface area contributed by atoms with Gasteiger partial charge in [0.2, 0.25) is 5.91 Å². The van der Waals surface area contributed by atoms with E-state index in [-0.39, 0.29) is 30.5 Å². The van der Waals surface area contributed by atoms with Crippen LogP contribution in [0.25, 0.3) is 0 Å². The summed E-state index contributed by atoms with van der Waals surface area (Å²) in [6, 6.07) is 24.4. The van der Waals surface area contributed by atoms with Crippen molar-refractivity contribution >= 4 is 17.5 Å². The van der Waals surface area contributed by atoms with Crippen molar-refractivity contribution in [3.8, 4) is 5.75 Å². The molecule has 0 radical (unpaired) electrons. The number of anilines is 1. The van der Waals surface area contributed by atoms with Crippen LogP contribution in [0.5, 0.6) is 5.75 Å². The third kappa shape index (κ3) is 7.77. The molecule has 3 rings (SSSR count). The topological polar surface area (TPSA) is 79.5 Å². The zero-order valence-electron chi connectivity index (χ0n) is 19.3. The summed E-state index contributed by atoms with van der Waals surface area (Å²) in [5.74, 6) is 0.462. The van der Waals surface area contributed by atoms with Crippen LogP contribution in [0.3, 0.4) is 0 Å². The second kappa shape index (κ2) is 11.8. The molecule has 3 aromatic rings. The zero-order chi connectivity index (χ0) is 23.6. The molecule has 0 fully saturated rings. The summed E-state index contributed by atoms with van der Waals surface area (Å²) in [6.07, 6.45) is 0.134. The van der Waals surface area contributed by atoms with Crippen LogP contribution in [-0.2, 0) is 11.3 Å². The Bertz CT molecular complexity index is 1050. The number of carbonyl (C=O) groups excluding carboxylic acids is 2. The summed E-state index contributed by atoms with van der Waals surface area (Å²) >= 11 is 0. The molecule has 0 bridgehead atoms. The van der Waals surface area contributed by atoms with E-state index in [2.05, 4.69) is 16.0 Å². The molecule has 0 aliphatic heterocycles. The van der Waals surface area contributed by atoms with E-state index >= 15 is 0 Å². The molecule has 3 aromatic carbocycles. The molecular formula is C27H31N3O3. The van der Waals surface area contributed by atoms with Crippen LogP contribution in [0.15, 0.2) is 78.9 Å². The molecule has 0 saturated heterocycles. The Morgan fingerprint density at radius 2 is 1.61 bits per heavy atom. The second-order valence-corrected chi connectivity index (χ2v) is 8.15. The van der Waals surface area contributed by atoms with E-state index in [4.69, 9.17) is 4.74 Å². The fourth-order valence-electron chi connectivity index (χ4n) is 3.33. The van der Waals surface area contributed by atoms with Crippen molar-refractivity contribution in [2.24, 2.45) is 0 Å². The van der Waals surface area contributed by atoms with Crippen molar-refractivity contribution in [3.63, 3.8) is 0 Å². The predicted molar refractivity (Wildman–Crippen MR) is 131 cm³/mol. The maximum Gasteiger partial charge on any atom is 0.251 e. The van der Waals surface area contributed by atoms with Crippen LogP contribution >= 0.6 is 0 Å². The molecule has 6 nitrogen and oxygen atoms in total. The Kier molecular flexibility index (Phi) is 8.61. The number of hydrogen-bond donors (Lipinski definition) is 3. The lowest BCUT2D eigenvalue weighted by Crippen LogP contribution is -2.28. The molecule has 0 aromatic heterocycles. The highest BCUT2D eigenvalue weighted by Crippen LogP contribution is 2.15. The van der Waals surface area contributed by atoms with Gasteiger partial charge in [-0.1, -0.05) is 48.5 Å². The Balaban J connectivity index is 1.47. The first-order valence-electron chi connectivity index (χ1n) is 11.1. The SMILES string of the molecule is CC(C)Oc1ccc(CNCC(=O)Nc2cccc(C(=O)NC(C)c3ccccc3)c2)cc1. The van der Waals surface area contributed by atoms with Gasteiger partial charge in [0.1, 0.15) is 5.75 Å². The molecular weight excluding hydrogens is 414 g/mol. The second-order valence-electron chi connectivity index (χ2n) is 8.15. The van der Waals surface area contributed by atoms with Crippen LogP contribution in [0.2, 0.25) is 0 Å². The average Bonchev–Trinajstić information content (AvgIpc) is 2.80. The summed E-state index contributed by atoms with van der Waals surface area (Å²) in [5.41, 5.74) is 3.16. The highest BCUT2D eigenvalue weighted by Gasteiger charge is 2.12. The van der Waals surface area contributed by atoms with Crippen molar-refractivity contribution in [1.29, 1.82) is 0 Å². The van der Waals surface area contributed by atoms with E-state index in [1.165, 1.54) is 0 Å². The van der Waals surface area contributed by atoms with Gasteiger partial charge in [-0.25, -0.2) is 0 Å². The van der Waals surface area contributed by atoms with Crippen molar-refractivity contribution in [3.05, 3.63) is 95.6 Å². The minimum atomic E-state index is -0.189. The quantitative estimate of drug-likeness (QED) is 0.423. The summed E-state index contributed by atoms with van der Waals surface area (Å²) in [7, 11) is 0. The van der Waals surface area contributed by atoms with Gasteiger partial charge in [-0.2, -0.15) is 0 Å². The van der Waals surface area contributed by atoms with Gasteiger partial charge in [-0.3, -0.25) is 9.59 Å². The summed E-state index contributed by atoms with van der Waals surface area (Å²) in [6.45, 7) is 6.64. The Hall–Kier alpha value is -3.64. The fourth-order valence-corrected chi connectivity index (χ4v) is 3.33. The van der Waals surface area contributed by atoms with E-state index in [0.29, 0.717) is 17.8 Å². The Labute approximate surface area is 195 Å². The van der Waals surface area contributed by atoms with Crippen molar-refractivity contribution in [1.82, 2.24) is 10.6 Å². The molecule has 6 heteroatoms. The van der Waals surface area contributed by atoms with Gasteiger partial charge in [0, 0.05) is 17.8 Å². The van der Waals surface area contributed by atoms with Gasteiger partial charge in [-0.15, -0.1) is 0 Å². The molecule has 3 N–H and O–H groups in total. The van der Waals surface area contributed by atoms with Gasteiger partial charge in [0.05, 0.1) is 18.7 Å². The first-order valence-corrected chi connectivity index (χ1v) is 11.1. The number of amides is 2. The number of ether oxygens (including phenoxy) is 1. The maximum atomic E-state index is 12.6. The fraction of sp³-hybridized carbons (Fsp3) is 0.259. The van der Waals surface area contributed by atoms with E-state index in [1.54, 1.807) is 24.3 Å². The monoisotopic (exact) mass is 445 g/mol. The molecule has 0 heterocycles. The maximum absolute atomic E-state index is 12.6. The van der Waals surface area contributed by atoms with Crippen molar-refractivity contribution in [2.75, 3.05) is 11.9 Å². The molecule has 172 valence electrons. The van der Waals surface area contributed by atoms with Gasteiger partial charge in [0.15, 0.2) is 0 Å². The lowest BCUT2D eigenvalue weighted by molar-refractivity contribution is -0.115. The first-order chi connectivity index (χ1) is 15.9. The molecule has 33 heavy (non-hydrogen) atoms. The normalized spacial score (nSPS) is 11.6. The minimum Gasteiger partial charge on any atom is -0.491 e. The van der Waals surface area contributed by atoms with Gasteiger partial charge in [-0.05, 0) is 62.2 Å². The minimum absolute atomic E-state index is 0.118. The zero-order valence-corrected chi connectivity index (χ0v) is 19.3. The molecule has 2 amide bonds. The highest BCUT2D eigenvalue weighted by atomic mass is 16.5. The first kappa shape index (κ1) is 24.0. The Morgan fingerprint density at radius 3 is 2.30 bits per heavy atom. The van der Waals surface area contributed by atoms with Gasteiger partial charge in [0.25, 0.3) is 5.91 Å². The summed E-state index contributed by atoms with van der Waals surface area (Å²) in [5, 5.41) is 8.96. The lowest BCUT2D eigenvalue weighted by atomic mass is 10.1. The number of carbonyl (C=O) groups is 2. The molecule has 0 saturated carbocycles. The largest absolute Gasteiger partial charge is 0.491 e. The third-order valence-corrected chi connectivity index (χ3v) is 4.97. The van der Waals surface area contributed by atoms with E-state index < -0.39 is 0 Å². The van der Waals surface area contributed by atoms with Crippen molar-refractivity contribution < 1.29 is 14.3 Å². The Morgan fingerprint density at radius 1 is 0.879 bits per heavy atom. The standard InChI is InChI=1S/C27H31N3O3/c1-19(2)33-25-14-12-21(13-15-25)17-28-18-26(31)30-24-11-7-10-23(16-24)27(32)29-20(3)22-8-5-4-6-9-22/h4-16,19-20,28H,17-18H2,1-3H3,(H,29,32)(H,30,31). The third-order valence-electron chi connectivity index (χ3n) is 4.97. The number of hydrogen-bond acceptors (Lipinski definition) is 4. The highest BCUT2D eigenvalue weighted by molar-refractivity contribution is 5.97. The predicted octanol–water partition coefficient (Wildman–Crippen LogP) is 4.69. The van der Waals surface area contributed by atoms with Crippen molar-refractivity contribution in [2.45, 2.75) is 39.5 Å². The molecule has 0 aliphatic carbocycles. The molecule has 1 unspecified atom stereocenters. The van der Waals surface area contributed by atoms with Crippen LogP contribution in [-0.4, -0.2) is 24.5 Å². The molecule has 0 spiro atoms. The van der Waals surface area contributed by atoms with Gasteiger partial charge < -0.3 is 20.7 Å². The number of nitrogens with one attached hydrogen (secondary N) is 3. The number of rotatable bonds is 10. The van der Waals surface area contributed by atoms with E-state index in [0.717, 1.165) is 16.9 Å². The van der Waals surface area contributed by atoms with E-state index in [1.807, 2.05) is 75.4 Å². The molecule has 1 atom stereocenters. The van der Waals surface area contributed by atoms with Crippen LogP contribution in [0, 0.1) is 0 Å². The average molecular weight is 446 g/mol. The van der Waals surface area contributed by atoms with Crippen LogP contribution in [0.1, 0.15) is 48.3 Å². The lowest BCUT2D eigenvalue weighted by Gasteiger charge is -2.15. The van der Waals surface area contributed by atoms with E-state index in [9.17, 15) is 9.59 Å². The van der Waals surface area contributed by atoms with Gasteiger partial charge >= 0.3 is 0 Å².